The van der Waals surface area contributed by atoms with Crippen LogP contribution >= 0.6 is 0 Å². The maximum Gasteiger partial charge on any atom is 0.397 e. The molecule has 0 radical (unpaired) electrons. The molecule has 0 bridgehead atoms. The zero-order valence-electron chi connectivity index (χ0n) is 37.6. The Morgan fingerprint density at radius 2 is 1.08 bits per heavy atom. The van der Waals surface area contributed by atoms with E-state index < -0.39 is 78.5 Å². The number of carbonyl (C=O) groups is 1. The third-order valence-electron chi connectivity index (χ3n) is 11.7. The van der Waals surface area contributed by atoms with Crippen molar-refractivity contribution in [2.75, 3.05) is 13.2 Å². The average molecular weight is 880 g/mol. The zero-order chi connectivity index (χ0) is 44.3. The fourth-order valence-electron chi connectivity index (χ4n) is 7.81. The Morgan fingerprint density at radius 3 is 1.50 bits per heavy atom. The summed E-state index contributed by atoms with van der Waals surface area (Å²) in [6, 6.07) is -1.11. The van der Waals surface area contributed by atoms with Gasteiger partial charge >= 0.3 is 10.4 Å². The van der Waals surface area contributed by atoms with E-state index in [1.165, 1.54) is 141 Å². The molecule has 0 saturated carbocycles. The Balaban J connectivity index is 2.55. The smallest absolute Gasteiger partial charge is 0.394 e. The van der Waals surface area contributed by atoms with Crippen molar-refractivity contribution >= 4 is 16.3 Å². The molecule has 14 heteroatoms. The highest BCUT2D eigenvalue weighted by molar-refractivity contribution is 7.80. The number of aliphatic hydroxyl groups excluding tert-OH is 5. The van der Waals surface area contributed by atoms with Crippen molar-refractivity contribution in [3.05, 3.63) is 12.2 Å². The van der Waals surface area contributed by atoms with Gasteiger partial charge in [0.25, 0.3) is 0 Å². The van der Waals surface area contributed by atoms with Crippen LogP contribution in [0.1, 0.15) is 213 Å². The van der Waals surface area contributed by atoms with Gasteiger partial charge in [-0.05, 0) is 19.3 Å². The Hall–Kier alpha value is -1.20. The van der Waals surface area contributed by atoms with E-state index in [1.54, 1.807) is 6.08 Å². The molecular weight excluding hydrogens is 791 g/mol. The molecule has 1 saturated heterocycles. The van der Waals surface area contributed by atoms with Gasteiger partial charge in [0.1, 0.15) is 30.5 Å². The average Bonchev–Trinajstić information content (AvgIpc) is 3.22. The minimum absolute atomic E-state index is 0.248. The molecule has 1 aliphatic rings. The second-order valence-electron chi connectivity index (χ2n) is 17.2. The summed E-state index contributed by atoms with van der Waals surface area (Å²) in [7, 11) is -5.11. The molecular formula is C46H89NO12S. The first-order valence-electron chi connectivity index (χ1n) is 24.2. The molecule has 356 valence electrons. The molecule has 1 heterocycles. The Kier molecular flexibility index (Phi) is 35.2. The van der Waals surface area contributed by atoms with Crippen molar-refractivity contribution < 1.29 is 57.0 Å². The second-order valence-corrected chi connectivity index (χ2v) is 18.2. The van der Waals surface area contributed by atoms with Crippen LogP contribution in [-0.2, 0) is 28.9 Å². The van der Waals surface area contributed by atoms with E-state index in [-0.39, 0.29) is 6.42 Å². The maximum atomic E-state index is 13.1. The van der Waals surface area contributed by atoms with E-state index in [0.717, 1.165) is 38.5 Å². The molecule has 60 heavy (non-hydrogen) atoms. The van der Waals surface area contributed by atoms with Crippen LogP contribution in [0.2, 0.25) is 0 Å². The minimum Gasteiger partial charge on any atom is -0.394 e. The van der Waals surface area contributed by atoms with Crippen LogP contribution in [0.3, 0.4) is 0 Å². The Labute approximate surface area is 364 Å². The third kappa shape index (κ3) is 29.2. The van der Waals surface area contributed by atoms with Crippen LogP contribution < -0.4 is 5.32 Å². The van der Waals surface area contributed by atoms with Gasteiger partial charge in [0.15, 0.2) is 6.29 Å². The first kappa shape index (κ1) is 56.8. The van der Waals surface area contributed by atoms with Crippen LogP contribution in [0.15, 0.2) is 12.2 Å². The van der Waals surface area contributed by atoms with E-state index in [4.69, 9.17) is 9.47 Å². The Morgan fingerprint density at radius 1 is 0.667 bits per heavy atom. The number of hydrogen-bond donors (Lipinski definition) is 7. The number of nitrogens with one attached hydrogen (secondary N) is 1. The van der Waals surface area contributed by atoms with Gasteiger partial charge in [-0.3, -0.25) is 9.35 Å². The van der Waals surface area contributed by atoms with E-state index >= 15 is 0 Å². The number of rotatable bonds is 41. The largest absolute Gasteiger partial charge is 0.397 e. The van der Waals surface area contributed by atoms with Gasteiger partial charge in [0, 0.05) is 0 Å². The van der Waals surface area contributed by atoms with E-state index in [9.17, 15) is 43.3 Å². The quantitative estimate of drug-likeness (QED) is 0.0175. The molecule has 0 aromatic heterocycles. The standard InChI is InChI=1S/C46H89NO12S/c1-3-5-7-9-11-13-15-17-19-20-21-23-25-27-29-31-33-35-40(50)45(53)47-38(37-57-46-43(52)44(59-60(54,55)56)42(51)41(36-48)58-46)39(49)34-32-30-28-26-24-22-18-16-14-12-10-8-6-4-2/h32,34,38-44,46,48-52H,3-31,33,35-37H2,1-2H3,(H,47,53)(H,54,55,56)/b34-32+. The summed E-state index contributed by atoms with van der Waals surface area (Å²) in [5, 5.41) is 55.2. The summed E-state index contributed by atoms with van der Waals surface area (Å²) in [6.07, 6.45) is 28.6. The van der Waals surface area contributed by atoms with Crippen molar-refractivity contribution in [1.29, 1.82) is 0 Å². The lowest BCUT2D eigenvalue weighted by atomic mass is 9.99. The van der Waals surface area contributed by atoms with Crippen LogP contribution in [0.25, 0.3) is 0 Å². The lowest BCUT2D eigenvalue weighted by Crippen LogP contribution is -2.61. The SMILES string of the molecule is CCCCCCCCCCCCCC/C=C/C(O)C(COC1OC(CO)C(O)C(OS(=O)(=O)O)C1O)NC(=O)C(O)CCCCCCCCCCCCCCCCCCC. The first-order chi connectivity index (χ1) is 28.9. The number of allylic oxidation sites excluding steroid dienone is 1. The van der Waals surface area contributed by atoms with Crippen LogP contribution in [0, 0.1) is 0 Å². The molecule has 13 nitrogen and oxygen atoms in total. The number of amides is 1. The fourth-order valence-corrected chi connectivity index (χ4v) is 8.32. The number of aliphatic hydroxyl groups is 5. The number of carbonyl (C=O) groups excluding carboxylic acids is 1. The number of ether oxygens (including phenoxy) is 2. The van der Waals surface area contributed by atoms with Gasteiger partial charge < -0.3 is 40.3 Å². The monoisotopic (exact) mass is 880 g/mol. The molecule has 0 spiro atoms. The van der Waals surface area contributed by atoms with Crippen LogP contribution in [0.5, 0.6) is 0 Å². The van der Waals surface area contributed by atoms with Gasteiger partial charge in [-0.1, -0.05) is 206 Å². The minimum atomic E-state index is -5.11. The molecule has 1 fully saturated rings. The molecule has 0 aromatic rings. The Bertz CT molecular complexity index is 1140. The highest BCUT2D eigenvalue weighted by atomic mass is 32.3. The molecule has 0 aromatic carbocycles. The third-order valence-corrected chi connectivity index (χ3v) is 12.1. The highest BCUT2D eigenvalue weighted by Gasteiger charge is 2.48. The van der Waals surface area contributed by atoms with Gasteiger partial charge in [0.2, 0.25) is 5.91 Å². The molecule has 0 aliphatic carbocycles. The van der Waals surface area contributed by atoms with Crippen molar-refractivity contribution in [2.24, 2.45) is 0 Å². The lowest BCUT2D eigenvalue weighted by molar-refractivity contribution is -0.298. The summed E-state index contributed by atoms with van der Waals surface area (Å²) in [6.45, 7) is 3.23. The first-order valence-corrected chi connectivity index (χ1v) is 25.5. The molecule has 1 amide bonds. The van der Waals surface area contributed by atoms with Crippen LogP contribution in [-0.4, -0.2) is 107 Å². The summed E-state index contributed by atoms with van der Waals surface area (Å²) >= 11 is 0. The zero-order valence-corrected chi connectivity index (χ0v) is 38.5. The fraction of sp³-hybridized carbons (Fsp3) is 0.935. The summed E-state index contributed by atoms with van der Waals surface area (Å²) in [4.78, 5) is 13.1. The van der Waals surface area contributed by atoms with Crippen molar-refractivity contribution in [3.63, 3.8) is 0 Å². The van der Waals surface area contributed by atoms with Gasteiger partial charge in [0.05, 0.1) is 25.4 Å². The molecule has 1 rings (SSSR count). The second kappa shape index (κ2) is 37.2. The van der Waals surface area contributed by atoms with Crippen molar-refractivity contribution in [1.82, 2.24) is 5.32 Å². The summed E-state index contributed by atoms with van der Waals surface area (Å²) in [5.74, 6) is -0.699. The topological polar surface area (TPSA) is 212 Å². The van der Waals surface area contributed by atoms with Crippen molar-refractivity contribution in [2.45, 2.75) is 262 Å². The van der Waals surface area contributed by atoms with Gasteiger partial charge in [-0.15, -0.1) is 0 Å². The summed E-state index contributed by atoms with van der Waals surface area (Å²) in [5.41, 5.74) is 0. The number of hydrogen-bond acceptors (Lipinski definition) is 11. The highest BCUT2D eigenvalue weighted by Crippen LogP contribution is 2.26. The van der Waals surface area contributed by atoms with Crippen molar-refractivity contribution in [3.8, 4) is 0 Å². The van der Waals surface area contributed by atoms with E-state index in [2.05, 4.69) is 23.3 Å². The maximum absolute atomic E-state index is 13.1. The van der Waals surface area contributed by atoms with Gasteiger partial charge in [-0.25, -0.2) is 4.18 Å². The predicted molar refractivity (Wildman–Crippen MR) is 238 cm³/mol. The predicted octanol–water partition coefficient (Wildman–Crippen LogP) is 8.53. The lowest BCUT2D eigenvalue weighted by Gasteiger charge is -2.41. The molecule has 1 aliphatic heterocycles. The normalized spacial score (nSPS) is 21.4. The van der Waals surface area contributed by atoms with E-state index in [1.807, 2.05) is 6.08 Å². The van der Waals surface area contributed by atoms with Gasteiger partial charge in [-0.2, -0.15) is 8.42 Å². The van der Waals surface area contributed by atoms with Crippen LogP contribution in [0.4, 0.5) is 0 Å². The molecule has 8 atom stereocenters. The number of unbranched alkanes of at least 4 members (excludes halogenated alkanes) is 28. The molecule has 7 N–H and O–H groups in total. The summed E-state index contributed by atoms with van der Waals surface area (Å²) < 4.78 is 47.5. The molecule has 8 unspecified atom stereocenters. The van der Waals surface area contributed by atoms with E-state index in [0.29, 0.717) is 12.8 Å².